The maximum atomic E-state index is 14.6. The Morgan fingerprint density at radius 1 is 1.16 bits per heavy atom. The number of halogens is 1. The van der Waals surface area contributed by atoms with E-state index >= 15 is 0 Å². The molecule has 0 saturated carbocycles. The van der Waals surface area contributed by atoms with Gasteiger partial charge in [0.2, 0.25) is 10.0 Å². The number of carbonyl (C=O) groups is 1. The number of imidazole rings is 1. The van der Waals surface area contributed by atoms with Crippen LogP contribution in [0.5, 0.6) is 0 Å². The average Bonchev–Trinajstić information content (AvgIpc) is 3.35. The predicted molar refractivity (Wildman–Crippen MR) is 114 cm³/mol. The van der Waals surface area contributed by atoms with Crippen LogP contribution in [0.25, 0.3) is 5.69 Å². The van der Waals surface area contributed by atoms with Crippen molar-refractivity contribution >= 4 is 21.6 Å². The number of aromatic nitrogens is 3. The van der Waals surface area contributed by atoms with E-state index in [9.17, 15) is 17.6 Å². The SMILES string of the molecule is Cc1nccn1-c1ccc(NC(=O)c2cc(S(=O)(=O)N3CCCCC3)cn2C)cc1F. The molecule has 0 unspecified atom stereocenters. The van der Waals surface area contributed by atoms with Crippen molar-refractivity contribution in [3.8, 4) is 5.69 Å². The van der Waals surface area contributed by atoms with E-state index in [-0.39, 0.29) is 16.3 Å². The summed E-state index contributed by atoms with van der Waals surface area (Å²) in [4.78, 5) is 16.9. The van der Waals surface area contributed by atoms with Crippen LogP contribution in [-0.2, 0) is 17.1 Å². The van der Waals surface area contributed by atoms with Crippen LogP contribution in [0, 0.1) is 12.7 Å². The van der Waals surface area contributed by atoms with E-state index in [0.717, 1.165) is 19.3 Å². The highest BCUT2D eigenvalue weighted by Gasteiger charge is 2.28. The van der Waals surface area contributed by atoms with E-state index in [2.05, 4.69) is 10.3 Å². The summed E-state index contributed by atoms with van der Waals surface area (Å²) in [7, 11) is -2.04. The summed E-state index contributed by atoms with van der Waals surface area (Å²) in [5.74, 6) is -0.394. The third-order valence-electron chi connectivity index (χ3n) is 5.46. The number of sulfonamides is 1. The van der Waals surface area contributed by atoms with E-state index in [1.807, 2.05) is 0 Å². The molecule has 1 aliphatic rings. The number of piperidine rings is 1. The monoisotopic (exact) mass is 445 g/mol. The third-order valence-corrected chi connectivity index (χ3v) is 7.32. The number of hydrogen-bond acceptors (Lipinski definition) is 4. The molecule has 1 fully saturated rings. The second-order valence-corrected chi connectivity index (χ2v) is 9.54. The molecule has 1 amide bonds. The normalized spacial score (nSPS) is 15.2. The minimum absolute atomic E-state index is 0.0826. The third kappa shape index (κ3) is 4.13. The van der Waals surface area contributed by atoms with E-state index in [1.165, 1.54) is 27.2 Å². The van der Waals surface area contributed by atoms with Crippen molar-refractivity contribution in [3.63, 3.8) is 0 Å². The number of anilines is 1. The molecule has 0 atom stereocenters. The van der Waals surface area contributed by atoms with Crippen molar-refractivity contribution in [2.24, 2.45) is 7.05 Å². The number of benzene rings is 1. The topological polar surface area (TPSA) is 89.2 Å². The molecule has 31 heavy (non-hydrogen) atoms. The van der Waals surface area contributed by atoms with Gasteiger partial charge in [0.1, 0.15) is 22.2 Å². The first-order valence-electron chi connectivity index (χ1n) is 10.0. The predicted octanol–water partition coefficient (Wildman–Crippen LogP) is 3.09. The van der Waals surface area contributed by atoms with Crippen LogP contribution in [0.3, 0.4) is 0 Å². The lowest BCUT2D eigenvalue weighted by Crippen LogP contribution is -2.35. The molecule has 1 aliphatic heterocycles. The van der Waals surface area contributed by atoms with Crippen LogP contribution in [0.1, 0.15) is 35.6 Å². The molecule has 1 N–H and O–H groups in total. The molecule has 10 heteroatoms. The maximum Gasteiger partial charge on any atom is 0.272 e. The van der Waals surface area contributed by atoms with Gasteiger partial charge in [0.15, 0.2) is 0 Å². The molecular weight excluding hydrogens is 421 g/mol. The highest BCUT2D eigenvalue weighted by molar-refractivity contribution is 7.89. The van der Waals surface area contributed by atoms with Crippen molar-refractivity contribution < 1.29 is 17.6 Å². The Morgan fingerprint density at radius 2 is 1.90 bits per heavy atom. The van der Waals surface area contributed by atoms with Gasteiger partial charge in [-0.2, -0.15) is 4.31 Å². The summed E-state index contributed by atoms with van der Waals surface area (Å²) in [6.45, 7) is 2.74. The maximum absolute atomic E-state index is 14.6. The lowest BCUT2D eigenvalue weighted by atomic mass is 10.2. The zero-order valence-corrected chi connectivity index (χ0v) is 18.2. The molecule has 0 radical (unpaired) electrons. The van der Waals surface area contributed by atoms with Crippen LogP contribution in [0.4, 0.5) is 10.1 Å². The van der Waals surface area contributed by atoms with Gasteiger partial charge in [0.05, 0.1) is 5.69 Å². The summed E-state index contributed by atoms with van der Waals surface area (Å²) in [6.07, 6.45) is 7.35. The highest BCUT2D eigenvalue weighted by atomic mass is 32.2. The van der Waals surface area contributed by atoms with Crippen molar-refractivity contribution in [2.45, 2.75) is 31.1 Å². The van der Waals surface area contributed by atoms with Gasteiger partial charge in [-0.15, -0.1) is 0 Å². The number of hydrogen-bond donors (Lipinski definition) is 1. The van der Waals surface area contributed by atoms with Crippen molar-refractivity contribution in [1.29, 1.82) is 0 Å². The summed E-state index contributed by atoms with van der Waals surface area (Å²) in [5, 5.41) is 2.64. The minimum Gasteiger partial charge on any atom is -0.345 e. The Morgan fingerprint density at radius 3 is 2.55 bits per heavy atom. The van der Waals surface area contributed by atoms with Crippen molar-refractivity contribution in [3.05, 3.63) is 60.2 Å². The van der Waals surface area contributed by atoms with Crippen LogP contribution in [-0.4, -0.2) is 45.8 Å². The lowest BCUT2D eigenvalue weighted by Gasteiger charge is -2.25. The molecule has 0 bridgehead atoms. The quantitative estimate of drug-likeness (QED) is 0.654. The van der Waals surface area contributed by atoms with E-state index < -0.39 is 21.7 Å². The molecular formula is C21H24FN5O3S. The first kappa shape index (κ1) is 21.3. The fourth-order valence-electron chi connectivity index (χ4n) is 3.76. The molecule has 2 aromatic heterocycles. The largest absolute Gasteiger partial charge is 0.345 e. The van der Waals surface area contributed by atoms with E-state index in [4.69, 9.17) is 0 Å². The first-order valence-corrected chi connectivity index (χ1v) is 11.5. The number of amides is 1. The fraction of sp³-hybridized carbons (Fsp3) is 0.333. The Balaban J connectivity index is 1.54. The molecule has 4 rings (SSSR count). The fourth-order valence-corrected chi connectivity index (χ4v) is 5.35. The van der Waals surface area contributed by atoms with Gasteiger partial charge >= 0.3 is 0 Å². The molecule has 0 spiro atoms. The summed E-state index contributed by atoms with van der Waals surface area (Å²) in [6, 6.07) is 5.72. The second kappa shape index (κ2) is 8.27. The average molecular weight is 446 g/mol. The van der Waals surface area contributed by atoms with Gasteiger partial charge in [-0.1, -0.05) is 6.42 Å². The number of rotatable bonds is 5. The molecule has 1 aromatic carbocycles. The van der Waals surface area contributed by atoms with Crippen LogP contribution >= 0.6 is 0 Å². The van der Waals surface area contributed by atoms with Crippen molar-refractivity contribution in [2.75, 3.05) is 18.4 Å². The Labute approximate surface area is 180 Å². The van der Waals surface area contributed by atoms with Gasteiger partial charge in [-0.05, 0) is 44.0 Å². The standard InChI is InChI=1S/C21H24FN5O3S/c1-15-23-8-11-27(15)19-7-6-16(12-18(19)22)24-21(28)20-13-17(14-25(20)2)31(29,30)26-9-4-3-5-10-26/h6-8,11-14H,3-5,9-10H2,1-2H3,(H,24,28). The minimum atomic E-state index is -3.65. The molecule has 3 heterocycles. The molecule has 164 valence electrons. The Hall–Kier alpha value is -2.98. The van der Waals surface area contributed by atoms with Gasteiger partial charge in [0.25, 0.3) is 5.91 Å². The zero-order chi connectivity index (χ0) is 22.2. The van der Waals surface area contributed by atoms with Crippen LogP contribution in [0.15, 0.2) is 47.8 Å². The summed E-state index contributed by atoms with van der Waals surface area (Å²) in [5.41, 5.74) is 0.762. The molecule has 3 aromatic rings. The highest BCUT2D eigenvalue weighted by Crippen LogP contribution is 2.24. The van der Waals surface area contributed by atoms with Gasteiger partial charge < -0.3 is 14.5 Å². The molecule has 1 saturated heterocycles. The van der Waals surface area contributed by atoms with Crippen LogP contribution < -0.4 is 5.32 Å². The van der Waals surface area contributed by atoms with Gasteiger partial charge in [0, 0.05) is 44.4 Å². The Bertz CT molecular complexity index is 1230. The number of aryl methyl sites for hydroxylation is 2. The second-order valence-electron chi connectivity index (χ2n) is 7.60. The van der Waals surface area contributed by atoms with E-state index in [1.54, 1.807) is 43.1 Å². The van der Waals surface area contributed by atoms with Crippen molar-refractivity contribution in [1.82, 2.24) is 18.4 Å². The molecule has 0 aliphatic carbocycles. The summed E-state index contributed by atoms with van der Waals surface area (Å²) >= 11 is 0. The lowest BCUT2D eigenvalue weighted by molar-refractivity contribution is 0.101. The number of nitrogens with one attached hydrogen (secondary N) is 1. The Kier molecular flexibility index (Phi) is 5.67. The smallest absolute Gasteiger partial charge is 0.272 e. The van der Waals surface area contributed by atoms with Crippen LogP contribution in [0.2, 0.25) is 0 Å². The first-order chi connectivity index (χ1) is 14.8. The van der Waals surface area contributed by atoms with Gasteiger partial charge in [-0.3, -0.25) is 4.79 Å². The summed E-state index contributed by atoms with van der Waals surface area (Å²) < 4.78 is 44.9. The van der Waals surface area contributed by atoms with E-state index in [0.29, 0.717) is 24.6 Å². The zero-order valence-electron chi connectivity index (χ0n) is 17.4. The number of carbonyl (C=O) groups excluding carboxylic acids is 1. The molecule has 8 nitrogen and oxygen atoms in total. The van der Waals surface area contributed by atoms with Gasteiger partial charge in [-0.25, -0.2) is 17.8 Å². The number of nitrogens with zero attached hydrogens (tertiary/aromatic N) is 4.